The van der Waals surface area contributed by atoms with Crippen LogP contribution >= 0.6 is 0 Å². The standard InChI is InChI=1S/C19H24N6O/c1-15-10-21-22-25(15)12-18-19-13-23(7-4-8-24(19)14-20-18)11-16-5-3-6-17(9-16)26-2/h3,5-6,9-10,14H,4,7-8,11-13H2,1-2H3. The third kappa shape index (κ3) is 3.48. The third-order valence-electron chi connectivity index (χ3n) is 4.93. The van der Waals surface area contributed by atoms with Gasteiger partial charge in [0.1, 0.15) is 5.75 Å². The lowest BCUT2D eigenvalue weighted by Crippen LogP contribution is -2.23. The van der Waals surface area contributed by atoms with E-state index in [0.29, 0.717) is 6.54 Å². The predicted molar refractivity (Wildman–Crippen MR) is 97.8 cm³/mol. The van der Waals surface area contributed by atoms with E-state index in [0.717, 1.165) is 49.7 Å². The third-order valence-corrected chi connectivity index (χ3v) is 4.93. The average Bonchev–Trinajstić information content (AvgIpc) is 3.16. The highest BCUT2D eigenvalue weighted by molar-refractivity contribution is 5.28. The van der Waals surface area contributed by atoms with Gasteiger partial charge in [-0.1, -0.05) is 17.3 Å². The molecule has 0 saturated carbocycles. The van der Waals surface area contributed by atoms with Crippen molar-refractivity contribution >= 4 is 0 Å². The number of hydrogen-bond donors (Lipinski definition) is 0. The fourth-order valence-corrected chi connectivity index (χ4v) is 3.48. The molecule has 0 saturated heterocycles. The Kier molecular flexibility index (Phi) is 4.71. The summed E-state index contributed by atoms with van der Waals surface area (Å²) in [5.74, 6) is 0.907. The molecule has 0 spiro atoms. The molecule has 26 heavy (non-hydrogen) atoms. The van der Waals surface area contributed by atoms with Gasteiger partial charge in [-0.25, -0.2) is 9.67 Å². The van der Waals surface area contributed by atoms with E-state index in [1.165, 1.54) is 11.3 Å². The monoisotopic (exact) mass is 352 g/mol. The van der Waals surface area contributed by atoms with Crippen LogP contribution in [0.5, 0.6) is 5.75 Å². The van der Waals surface area contributed by atoms with Crippen LogP contribution in [0.4, 0.5) is 0 Å². The van der Waals surface area contributed by atoms with Gasteiger partial charge in [-0.2, -0.15) is 0 Å². The Morgan fingerprint density at radius 1 is 1.19 bits per heavy atom. The fraction of sp³-hybridized carbons (Fsp3) is 0.421. The summed E-state index contributed by atoms with van der Waals surface area (Å²) in [6.07, 6.45) is 4.87. The molecule has 0 radical (unpaired) electrons. The number of ether oxygens (including phenoxy) is 1. The van der Waals surface area contributed by atoms with Crippen LogP contribution in [-0.4, -0.2) is 43.1 Å². The number of hydrogen-bond acceptors (Lipinski definition) is 5. The SMILES string of the molecule is COc1cccc(CN2CCCn3cnc(Cn4nncc4C)c3C2)c1. The molecule has 0 atom stereocenters. The zero-order valence-corrected chi connectivity index (χ0v) is 15.3. The number of benzene rings is 1. The van der Waals surface area contributed by atoms with Crippen molar-refractivity contribution in [1.29, 1.82) is 0 Å². The minimum atomic E-state index is 0.668. The maximum absolute atomic E-state index is 5.35. The van der Waals surface area contributed by atoms with Gasteiger partial charge >= 0.3 is 0 Å². The van der Waals surface area contributed by atoms with Crippen LogP contribution in [-0.2, 0) is 26.2 Å². The molecule has 3 heterocycles. The summed E-state index contributed by atoms with van der Waals surface area (Å²) in [4.78, 5) is 7.13. The van der Waals surface area contributed by atoms with Gasteiger partial charge in [0.25, 0.3) is 0 Å². The van der Waals surface area contributed by atoms with Crippen LogP contribution in [0.1, 0.15) is 29.1 Å². The van der Waals surface area contributed by atoms with E-state index in [2.05, 4.69) is 43.0 Å². The van der Waals surface area contributed by atoms with Crippen LogP contribution in [0, 0.1) is 6.92 Å². The molecule has 1 aliphatic heterocycles. The summed E-state index contributed by atoms with van der Waals surface area (Å²) in [5.41, 5.74) is 4.68. The summed E-state index contributed by atoms with van der Waals surface area (Å²) in [7, 11) is 1.71. The lowest BCUT2D eigenvalue weighted by atomic mass is 10.2. The van der Waals surface area contributed by atoms with Crippen LogP contribution in [0.15, 0.2) is 36.8 Å². The number of aromatic nitrogens is 5. The Labute approximate surface area is 153 Å². The average molecular weight is 352 g/mol. The summed E-state index contributed by atoms with van der Waals surface area (Å²) in [6, 6.07) is 8.31. The van der Waals surface area contributed by atoms with Crippen molar-refractivity contribution in [2.24, 2.45) is 0 Å². The van der Waals surface area contributed by atoms with Crippen LogP contribution < -0.4 is 4.74 Å². The zero-order chi connectivity index (χ0) is 17.9. The first kappa shape index (κ1) is 16.8. The van der Waals surface area contributed by atoms with Crippen LogP contribution in [0.3, 0.4) is 0 Å². The second kappa shape index (κ2) is 7.29. The molecule has 1 aromatic carbocycles. The topological polar surface area (TPSA) is 61.0 Å². The number of fused-ring (bicyclic) bond motifs is 1. The maximum Gasteiger partial charge on any atom is 0.119 e. The second-order valence-corrected chi connectivity index (χ2v) is 6.78. The van der Waals surface area contributed by atoms with Crippen molar-refractivity contribution in [1.82, 2.24) is 29.4 Å². The molecule has 0 amide bonds. The summed E-state index contributed by atoms with van der Waals surface area (Å²) in [6.45, 7) is 6.56. The Hall–Kier alpha value is -2.67. The van der Waals surface area contributed by atoms with Gasteiger partial charge in [0.2, 0.25) is 0 Å². The molecule has 136 valence electrons. The maximum atomic E-state index is 5.35. The van der Waals surface area contributed by atoms with Crippen molar-refractivity contribution < 1.29 is 4.74 Å². The van der Waals surface area contributed by atoms with E-state index in [1.54, 1.807) is 13.3 Å². The van der Waals surface area contributed by atoms with E-state index in [-0.39, 0.29) is 0 Å². The Morgan fingerprint density at radius 2 is 2.12 bits per heavy atom. The van der Waals surface area contributed by atoms with Crippen LogP contribution in [0.25, 0.3) is 0 Å². The molecular formula is C19H24N6O. The molecule has 0 fully saturated rings. The molecule has 7 nitrogen and oxygen atoms in total. The molecule has 4 rings (SSSR count). The highest BCUT2D eigenvalue weighted by Gasteiger charge is 2.19. The van der Waals surface area contributed by atoms with Crippen molar-refractivity contribution in [3.8, 4) is 5.75 Å². The molecule has 3 aromatic rings. The minimum Gasteiger partial charge on any atom is -0.497 e. The number of rotatable bonds is 5. The Morgan fingerprint density at radius 3 is 2.92 bits per heavy atom. The summed E-state index contributed by atoms with van der Waals surface area (Å²) in [5, 5.41) is 8.13. The molecule has 1 aliphatic rings. The fourth-order valence-electron chi connectivity index (χ4n) is 3.48. The Balaban J connectivity index is 1.53. The largest absolute Gasteiger partial charge is 0.497 e. The molecule has 0 aliphatic carbocycles. The summed E-state index contributed by atoms with van der Waals surface area (Å²) < 4.78 is 9.54. The van der Waals surface area contributed by atoms with Crippen molar-refractivity contribution in [2.75, 3.05) is 13.7 Å². The van der Waals surface area contributed by atoms with Crippen LogP contribution in [0.2, 0.25) is 0 Å². The van der Waals surface area contributed by atoms with Gasteiger partial charge in [0.05, 0.1) is 43.3 Å². The molecule has 2 aromatic heterocycles. The van der Waals surface area contributed by atoms with Gasteiger partial charge in [-0.05, 0) is 31.0 Å². The Bertz CT molecular complexity index is 884. The van der Waals surface area contributed by atoms with Crippen molar-refractivity contribution in [3.63, 3.8) is 0 Å². The number of methoxy groups -OCH3 is 1. The van der Waals surface area contributed by atoms with Gasteiger partial charge in [0, 0.05) is 26.2 Å². The molecule has 0 bridgehead atoms. The van der Waals surface area contributed by atoms with Gasteiger partial charge in [-0.3, -0.25) is 4.90 Å². The van der Waals surface area contributed by atoms with E-state index in [1.807, 2.05) is 24.0 Å². The molecular weight excluding hydrogens is 328 g/mol. The first-order valence-corrected chi connectivity index (χ1v) is 8.96. The normalized spacial score (nSPS) is 14.8. The highest BCUT2D eigenvalue weighted by Crippen LogP contribution is 2.20. The first-order valence-electron chi connectivity index (χ1n) is 8.96. The van der Waals surface area contributed by atoms with E-state index < -0.39 is 0 Å². The quantitative estimate of drug-likeness (QED) is 0.705. The molecule has 0 unspecified atom stereocenters. The van der Waals surface area contributed by atoms with E-state index >= 15 is 0 Å². The summed E-state index contributed by atoms with van der Waals surface area (Å²) >= 11 is 0. The number of aryl methyl sites for hydroxylation is 2. The predicted octanol–water partition coefficient (Wildman–Crippen LogP) is 2.25. The second-order valence-electron chi connectivity index (χ2n) is 6.78. The molecule has 0 N–H and O–H groups in total. The highest BCUT2D eigenvalue weighted by atomic mass is 16.5. The first-order chi connectivity index (χ1) is 12.7. The van der Waals surface area contributed by atoms with Gasteiger partial charge < -0.3 is 9.30 Å². The van der Waals surface area contributed by atoms with Crippen molar-refractivity contribution in [2.45, 2.75) is 39.5 Å². The van der Waals surface area contributed by atoms with E-state index in [9.17, 15) is 0 Å². The lowest BCUT2D eigenvalue weighted by molar-refractivity contribution is 0.259. The van der Waals surface area contributed by atoms with Crippen molar-refractivity contribution in [3.05, 3.63) is 59.4 Å². The number of nitrogens with zero attached hydrogens (tertiary/aromatic N) is 6. The van der Waals surface area contributed by atoms with Gasteiger partial charge in [0.15, 0.2) is 0 Å². The number of imidazole rings is 1. The van der Waals surface area contributed by atoms with E-state index in [4.69, 9.17) is 4.74 Å². The van der Waals surface area contributed by atoms with Gasteiger partial charge in [-0.15, -0.1) is 5.10 Å². The minimum absolute atomic E-state index is 0.668. The zero-order valence-electron chi connectivity index (χ0n) is 15.3. The lowest BCUT2D eigenvalue weighted by Gasteiger charge is -2.20. The molecule has 7 heteroatoms. The smallest absolute Gasteiger partial charge is 0.119 e.